The molecule has 1 amide bonds. The van der Waals surface area contributed by atoms with Gasteiger partial charge in [0.1, 0.15) is 0 Å². The van der Waals surface area contributed by atoms with Gasteiger partial charge in [0, 0.05) is 25.8 Å². The maximum absolute atomic E-state index is 11.5. The van der Waals surface area contributed by atoms with Crippen LogP contribution in [0.15, 0.2) is 53.7 Å². The number of halogens is 1. The number of aliphatic imine (C=N–C) groups is 1. The van der Waals surface area contributed by atoms with E-state index in [1.807, 2.05) is 18.2 Å². The second-order valence-corrected chi connectivity index (χ2v) is 7.67. The molecule has 7 nitrogen and oxygen atoms in total. The lowest BCUT2D eigenvalue weighted by molar-refractivity contribution is -0.123. The van der Waals surface area contributed by atoms with Crippen molar-refractivity contribution in [2.45, 2.75) is 39.4 Å². The molecule has 31 heavy (non-hydrogen) atoms. The van der Waals surface area contributed by atoms with Crippen molar-refractivity contribution in [2.24, 2.45) is 16.6 Å². The zero-order valence-electron chi connectivity index (χ0n) is 18.1. The van der Waals surface area contributed by atoms with Crippen molar-refractivity contribution >= 4 is 35.8 Å². The molecule has 3 rings (SSSR count). The first kappa shape index (κ1) is 25.1. The van der Waals surface area contributed by atoms with Gasteiger partial charge in [-0.2, -0.15) is 0 Å². The first-order valence-electron chi connectivity index (χ1n) is 10.7. The maximum Gasteiger partial charge on any atom is 0.221 e. The lowest BCUT2D eigenvalue weighted by Crippen LogP contribution is -2.40. The first-order valence-corrected chi connectivity index (χ1v) is 10.7. The van der Waals surface area contributed by atoms with Gasteiger partial charge < -0.3 is 16.4 Å². The van der Waals surface area contributed by atoms with Crippen LogP contribution in [-0.2, 0) is 24.4 Å². The maximum atomic E-state index is 11.5. The van der Waals surface area contributed by atoms with Crippen LogP contribution in [0.1, 0.15) is 36.6 Å². The topological polar surface area (TPSA) is 95.6 Å². The average molecular weight is 536 g/mol. The zero-order chi connectivity index (χ0) is 21.2. The van der Waals surface area contributed by atoms with Crippen LogP contribution in [0.2, 0.25) is 0 Å². The highest BCUT2D eigenvalue weighted by Crippen LogP contribution is 2.19. The smallest absolute Gasteiger partial charge is 0.221 e. The molecule has 1 saturated heterocycles. The number of hydrogen-bond acceptors (Lipinski definition) is 4. The molecule has 0 radical (unpaired) electrons. The second-order valence-electron chi connectivity index (χ2n) is 7.67. The van der Waals surface area contributed by atoms with E-state index in [-0.39, 0.29) is 35.8 Å². The third-order valence-corrected chi connectivity index (χ3v) is 5.23. The van der Waals surface area contributed by atoms with Gasteiger partial charge in [-0.15, -0.1) is 24.0 Å². The molecule has 1 aliphatic heterocycles. The molecular formula is C23H33IN6O. The number of pyridine rings is 1. The van der Waals surface area contributed by atoms with E-state index in [9.17, 15) is 4.79 Å². The predicted molar refractivity (Wildman–Crippen MR) is 135 cm³/mol. The molecule has 1 fully saturated rings. The SMILES string of the molecule is CCNC(=NCc1cccc(CN2CCCC(C(N)=O)C2)c1)NCc1ccccn1.I. The van der Waals surface area contributed by atoms with E-state index in [0.29, 0.717) is 13.1 Å². The summed E-state index contributed by atoms with van der Waals surface area (Å²) in [4.78, 5) is 22.9. The number of rotatable bonds is 8. The summed E-state index contributed by atoms with van der Waals surface area (Å²) in [6.45, 7) is 6.66. The summed E-state index contributed by atoms with van der Waals surface area (Å²) >= 11 is 0. The Hall–Kier alpha value is -2.20. The highest BCUT2D eigenvalue weighted by atomic mass is 127. The Labute approximate surface area is 201 Å². The van der Waals surface area contributed by atoms with Crippen LogP contribution < -0.4 is 16.4 Å². The van der Waals surface area contributed by atoms with Crippen molar-refractivity contribution < 1.29 is 4.79 Å². The Morgan fingerprint density at radius 1 is 1.23 bits per heavy atom. The Bertz CT molecular complexity index is 845. The van der Waals surface area contributed by atoms with E-state index in [0.717, 1.165) is 56.2 Å². The van der Waals surface area contributed by atoms with Crippen LogP contribution in [0.25, 0.3) is 0 Å². The number of piperidine rings is 1. The summed E-state index contributed by atoms with van der Waals surface area (Å²) in [6.07, 6.45) is 3.71. The number of benzene rings is 1. The molecule has 2 heterocycles. The quantitative estimate of drug-likeness (QED) is 0.274. The van der Waals surface area contributed by atoms with Gasteiger partial charge in [0.05, 0.1) is 24.7 Å². The summed E-state index contributed by atoms with van der Waals surface area (Å²) in [7, 11) is 0. The number of hydrogen-bond donors (Lipinski definition) is 3. The average Bonchev–Trinajstić information content (AvgIpc) is 2.77. The molecule has 8 heteroatoms. The van der Waals surface area contributed by atoms with Crippen LogP contribution >= 0.6 is 24.0 Å². The standard InChI is InChI=1S/C23H32N6O.HI/c1-2-25-23(28-15-21-10-3-4-11-26-21)27-14-18-7-5-8-19(13-18)16-29-12-6-9-20(17-29)22(24)30;/h3-5,7-8,10-11,13,20H,2,6,9,12,14-17H2,1H3,(H2,24,30)(H2,25,27,28);1H. The van der Waals surface area contributed by atoms with Crippen LogP contribution in [0.4, 0.5) is 0 Å². The van der Waals surface area contributed by atoms with E-state index >= 15 is 0 Å². The normalized spacial score (nSPS) is 16.9. The number of guanidine groups is 1. The number of aromatic nitrogens is 1. The molecule has 0 aliphatic carbocycles. The van der Waals surface area contributed by atoms with Crippen molar-refractivity contribution in [1.29, 1.82) is 0 Å². The minimum Gasteiger partial charge on any atom is -0.369 e. The van der Waals surface area contributed by atoms with Crippen molar-refractivity contribution in [3.63, 3.8) is 0 Å². The van der Waals surface area contributed by atoms with Crippen LogP contribution in [-0.4, -0.2) is 41.4 Å². The lowest BCUT2D eigenvalue weighted by Gasteiger charge is -2.31. The van der Waals surface area contributed by atoms with Gasteiger partial charge in [0.15, 0.2) is 5.96 Å². The van der Waals surface area contributed by atoms with Gasteiger partial charge >= 0.3 is 0 Å². The zero-order valence-corrected chi connectivity index (χ0v) is 20.4. The molecule has 4 N–H and O–H groups in total. The van der Waals surface area contributed by atoms with Gasteiger partial charge in [0.2, 0.25) is 5.91 Å². The van der Waals surface area contributed by atoms with Crippen molar-refractivity contribution in [2.75, 3.05) is 19.6 Å². The molecule has 2 aromatic rings. The Morgan fingerprint density at radius 2 is 2.06 bits per heavy atom. The summed E-state index contributed by atoms with van der Waals surface area (Å²) in [5.41, 5.74) is 8.87. The number of nitrogens with zero attached hydrogens (tertiary/aromatic N) is 3. The van der Waals surface area contributed by atoms with Crippen molar-refractivity contribution in [3.8, 4) is 0 Å². The fraction of sp³-hybridized carbons (Fsp3) is 0.435. The summed E-state index contributed by atoms with van der Waals surface area (Å²) in [5.74, 6) is 0.560. The number of nitrogens with two attached hydrogens (primary N) is 1. The fourth-order valence-corrected chi connectivity index (χ4v) is 3.71. The minimum absolute atomic E-state index is 0. The molecule has 168 valence electrons. The number of primary amides is 1. The van der Waals surface area contributed by atoms with E-state index in [1.165, 1.54) is 5.56 Å². The highest BCUT2D eigenvalue weighted by molar-refractivity contribution is 14.0. The van der Waals surface area contributed by atoms with E-state index in [4.69, 9.17) is 10.7 Å². The van der Waals surface area contributed by atoms with Crippen LogP contribution in [0.3, 0.4) is 0 Å². The third kappa shape index (κ3) is 8.45. The molecule has 0 spiro atoms. The molecule has 0 saturated carbocycles. The molecule has 1 unspecified atom stereocenters. The number of nitrogens with one attached hydrogen (secondary N) is 2. The van der Waals surface area contributed by atoms with Crippen molar-refractivity contribution in [1.82, 2.24) is 20.5 Å². The molecule has 1 aliphatic rings. The summed E-state index contributed by atoms with van der Waals surface area (Å²) in [5, 5.41) is 6.61. The molecule has 1 atom stereocenters. The van der Waals surface area contributed by atoms with Gasteiger partial charge in [-0.25, -0.2) is 4.99 Å². The largest absolute Gasteiger partial charge is 0.369 e. The Kier molecular flexibility index (Phi) is 10.7. The van der Waals surface area contributed by atoms with E-state index in [1.54, 1.807) is 6.20 Å². The Morgan fingerprint density at radius 3 is 2.81 bits per heavy atom. The molecular weight excluding hydrogens is 503 g/mol. The Balaban J connectivity index is 0.00000341. The first-order chi connectivity index (χ1) is 14.6. The summed E-state index contributed by atoms with van der Waals surface area (Å²) in [6, 6.07) is 14.4. The molecule has 0 bridgehead atoms. The molecule has 1 aromatic heterocycles. The monoisotopic (exact) mass is 536 g/mol. The van der Waals surface area contributed by atoms with E-state index < -0.39 is 0 Å². The number of likely N-dealkylation sites (tertiary alicyclic amines) is 1. The third-order valence-electron chi connectivity index (χ3n) is 5.23. The number of amides is 1. The second kappa shape index (κ2) is 13.3. The van der Waals surface area contributed by atoms with Gasteiger partial charge in [-0.1, -0.05) is 30.3 Å². The minimum atomic E-state index is -0.183. The van der Waals surface area contributed by atoms with Crippen LogP contribution in [0, 0.1) is 5.92 Å². The fourth-order valence-electron chi connectivity index (χ4n) is 3.71. The highest BCUT2D eigenvalue weighted by Gasteiger charge is 2.23. The summed E-state index contributed by atoms with van der Waals surface area (Å²) < 4.78 is 0. The van der Waals surface area contributed by atoms with Crippen molar-refractivity contribution in [3.05, 3.63) is 65.5 Å². The number of carbonyl (C=O) groups excluding carboxylic acids is 1. The lowest BCUT2D eigenvalue weighted by atomic mass is 9.97. The molecule has 1 aromatic carbocycles. The van der Waals surface area contributed by atoms with Gasteiger partial charge in [-0.05, 0) is 49.6 Å². The van der Waals surface area contributed by atoms with E-state index in [2.05, 4.69) is 51.7 Å². The predicted octanol–water partition coefficient (Wildman–Crippen LogP) is 2.65. The van der Waals surface area contributed by atoms with Gasteiger partial charge in [0.25, 0.3) is 0 Å². The van der Waals surface area contributed by atoms with Crippen LogP contribution in [0.5, 0.6) is 0 Å². The number of carbonyl (C=O) groups is 1. The van der Waals surface area contributed by atoms with Gasteiger partial charge in [-0.3, -0.25) is 14.7 Å².